The molecule has 0 saturated carbocycles. The molecule has 39 heavy (non-hydrogen) atoms. The summed E-state index contributed by atoms with van der Waals surface area (Å²) < 4.78 is 37.3. The maximum Gasteiger partial charge on any atom is 0.306 e. The number of nitrogens with zero attached hydrogens (tertiary/aromatic N) is 3. The first-order valence-corrected chi connectivity index (χ1v) is 12.7. The molecule has 8 nitrogen and oxygen atoms in total. The Morgan fingerprint density at radius 2 is 1.87 bits per heavy atom. The summed E-state index contributed by atoms with van der Waals surface area (Å²) in [5.74, 6) is 1.79. The van der Waals surface area contributed by atoms with Crippen LogP contribution in [-0.2, 0) is 29.1 Å². The van der Waals surface area contributed by atoms with E-state index in [1.807, 2.05) is 42.1 Å². The van der Waals surface area contributed by atoms with Gasteiger partial charge in [-0.2, -0.15) is 5.10 Å². The van der Waals surface area contributed by atoms with Crippen LogP contribution in [0.1, 0.15) is 35.9 Å². The van der Waals surface area contributed by atoms with Crippen LogP contribution in [0.25, 0.3) is 22.9 Å². The summed E-state index contributed by atoms with van der Waals surface area (Å²) in [5, 5.41) is 4.75. The number of furan rings is 1. The molecule has 0 bridgehead atoms. The maximum absolute atomic E-state index is 13.5. The van der Waals surface area contributed by atoms with Gasteiger partial charge >= 0.3 is 5.97 Å². The van der Waals surface area contributed by atoms with Crippen molar-refractivity contribution in [2.24, 2.45) is 0 Å². The minimum Gasteiger partial charge on any atom is -0.487 e. The van der Waals surface area contributed by atoms with E-state index in [2.05, 4.69) is 4.98 Å². The lowest BCUT2D eigenvalue weighted by Gasteiger charge is -2.07. The topological polar surface area (TPSA) is 92.5 Å². The van der Waals surface area contributed by atoms with Crippen LogP contribution >= 0.6 is 0 Å². The van der Waals surface area contributed by atoms with E-state index in [0.29, 0.717) is 48.4 Å². The van der Waals surface area contributed by atoms with Gasteiger partial charge in [-0.3, -0.25) is 9.48 Å². The van der Waals surface area contributed by atoms with E-state index in [4.69, 9.17) is 23.4 Å². The van der Waals surface area contributed by atoms with Crippen LogP contribution in [-0.4, -0.2) is 27.3 Å². The second kappa shape index (κ2) is 11.8. The van der Waals surface area contributed by atoms with Crippen molar-refractivity contribution in [3.8, 4) is 28.7 Å². The fourth-order valence-electron chi connectivity index (χ4n) is 4.14. The highest BCUT2D eigenvalue weighted by molar-refractivity contribution is 5.71. The Bertz CT molecular complexity index is 1520. The quantitative estimate of drug-likeness (QED) is 0.184. The van der Waals surface area contributed by atoms with Crippen LogP contribution in [0.2, 0.25) is 0 Å². The summed E-state index contributed by atoms with van der Waals surface area (Å²) in [5.41, 5.74) is 4.12. The van der Waals surface area contributed by atoms with Crippen molar-refractivity contribution in [1.82, 2.24) is 14.8 Å². The van der Waals surface area contributed by atoms with Crippen molar-refractivity contribution in [2.75, 3.05) is 6.61 Å². The minimum atomic E-state index is -0.315. The molecule has 5 aromatic rings. The highest BCUT2D eigenvalue weighted by Crippen LogP contribution is 2.26. The SMILES string of the molecule is CCOC(=O)CCc1cn(Cc2ccc(OCc3nc(-c4ccco4)oc3C)cc2)nc1-c1ccc(F)cc1. The number of carbonyl (C=O) groups excluding carboxylic acids is 1. The third-order valence-corrected chi connectivity index (χ3v) is 6.13. The van der Waals surface area contributed by atoms with E-state index >= 15 is 0 Å². The number of rotatable bonds is 11. The number of halogens is 1. The van der Waals surface area contributed by atoms with Gasteiger partial charge in [-0.05, 0) is 79.9 Å². The summed E-state index contributed by atoms with van der Waals surface area (Å²) in [6.07, 6.45) is 4.21. The molecule has 2 aromatic carbocycles. The highest BCUT2D eigenvalue weighted by Gasteiger charge is 2.15. The van der Waals surface area contributed by atoms with E-state index < -0.39 is 0 Å². The fourth-order valence-corrected chi connectivity index (χ4v) is 4.14. The minimum absolute atomic E-state index is 0.244. The molecule has 3 heterocycles. The van der Waals surface area contributed by atoms with Gasteiger partial charge in [0.25, 0.3) is 5.89 Å². The zero-order valence-electron chi connectivity index (χ0n) is 21.7. The summed E-state index contributed by atoms with van der Waals surface area (Å²) in [4.78, 5) is 16.4. The molecule has 0 radical (unpaired) electrons. The second-order valence-electron chi connectivity index (χ2n) is 8.94. The number of hydrogen-bond acceptors (Lipinski definition) is 7. The Balaban J connectivity index is 1.25. The molecule has 0 N–H and O–H groups in total. The number of esters is 1. The predicted octanol–water partition coefficient (Wildman–Crippen LogP) is 6.37. The van der Waals surface area contributed by atoms with Crippen molar-refractivity contribution in [1.29, 1.82) is 0 Å². The molecule has 3 aromatic heterocycles. The van der Waals surface area contributed by atoms with Crippen LogP contribution in [0.4, 0.5) is 4.39 Å². The zero-order chi connectivity index (χ0) is 27.2. The van der Waals surface area contributed by atoms with Gasteiger partial charge in [0.15, 0.2) is 5.76 Å². The second-order valence-corrected chi connectivity index (χ2v) is 8.94. The van der Waals surface area contributed by atoms with Gasteiger partial charge in [0.05, 0.1) is 25.1 Å². The fraction of sp³-hybridized carbons (Fsp3) is 0.233. The van der Waals surface area contributed by atoms with E-state index in [9.17, 15) is 9.18 Å². The van der Waals surface area contributed by atoms with E-state index in [1.165, 1.54) is 12.1 Å². The van der Waals surface area contributed by atoms with E-state index in [-0.39, 0.29) is 24.8 Å². The molecule has 0 aliphatic carbocycles. The standard InChI is InChI=1S/C30H28FN3O5/c1-3-36-28(35)15-10-23-18-34(33-29(23)22-8-11-24(31)12-9-22)17-21-6-13-25(14-7-21)38-19-26-20(2)39-30(32-26)27-5-4-16-37-27/h4-9,11-14,16,18H,3,10,15,17,19H2,1-2H3. The number of carbonyl (C=O) groups is 1. The summed E-state index contributed by atoms with van der Waals surface area (Å²) in [6, 6.07) is 17.5. The first-order chi connectivity index (χ1) is 19.0. The Kier molecular flexibility index (Phi) is 7.86. The molecule has 9 heteroatoms. The molecule has 5 rings (SSSR count). The molecule has 200 valence electrons. The van der Waals surface area contributed by atoms with Crippen LogP contribution in [0.3, 0.4) is 0 Å². The van der Waals surface area contributed by atoms with Crippen LogP contribution in [0.5, 0.6) is 5.75 Å². The summed E-state index contributed by atoms with van der Waals surface area (Å²) in [6.45, 7) is 4.74. The molecular formula is C30H28FN3O5. The first kappa shape index (κ1) is 26.0. The van der Waals surface area contributed by atoms with Gasteiger partial charge in [0.1, 0.15) is 29.6 Å². The average molecular weight is 530 g/mol. The summed E-state index contributed by atoms with van der Waals surface area (Å²) in [7, 11) is 0. The van der Waals surface area contributed by atoms with Crippen LogP contribution < -0.4 is 4.74 Å². The van der Waals surface area contributed by atoms with Gasteiger partial charge < -0.3 is 18.3 Å². The van der Waals surface area contributed by atoms with Crippen molar-refractivity contribution in [2.45, 2.75) is 39.8 Å². The van der Waals surface area contributed by atoms with Gasteiger partial charge in [0, 0.05) is 18.2 Å². The smallest absolute Gasteiger partial charge is 0.306 e. The van der Waals surface area contributed by atoms with Crippen molar-refractivity contribution >= 4 is 5.97 Å². The van der Waals surface area contributed by atoms with Crippen molar-refractivity contribution in [3.63, 3.8) is 0 Å². The third kappa shape index (κ3) is 6.43. The van der Waals surface area contributed by atoms with Gasteiger partial charge in [-0.15, -0.1) is 0 Å². The van der Waals surface area contributed by atoms with Crippen molar-refractivity contribution < 1.29 is 27.5 Å². The lowest BCUT2D eigenvalue weighted by atomic mass is 10.0. The lowest BCUT2D eigenvalue weighted by Crippen LogP contribution is -2.05. The zero-order valence-corrected chi connectivity index (χ0v) is 21.7. The molecule has 0 saturated heterocycles. The third-order valence-electron chi connectivity index (χ3n) is 6.13. The van der Waals surface area contributed by atoms with Crippen molar-refractivity contribution in [3.05, 3.63) is 102 Å². The highest BCUT2D eigenvalue weighted by atomic mass is 19.1. The molecule has 0 atom stereocenters. The number of oxazole rings is 1. The first-order valence-electron chi connectivity index (χ1n) is 12.7. The number of aryl methyl sites for hydroxylation is 2. The van der Waals surface area contributed by atoms with E-state index in [0.717, 1.165) is 22.4 Å². The Labute approximate surface area is 225 Å². The molecule has 0 fully saturated rings. The largest absolute Gasteiger partial charge is 0.487 e. The van der Waals surface area contributed by atoms with Gasteiger partial charge in [-0.1, -0.05) is 12.1 Å². The number of ether oxygens (including phenoxy) is 2. The van der Waals surface area contributed by atoms with Gasteiger partial charge in [0.2, 0.25) is 0 Å². The molecule has 0 aliphatic heterocycles. The number of aromatic nitrogens is 3. The normalized spacial score (nSPS) is 11.1. The Morgan fingerprint density at radius 3 is 2.59 bits per heavy atom. The molecule has 0 unspecified atom stereocenters. The summed E-state index contributed by atoms with van der Waals surface area (Å²) >= 11 is 0. The van der Waals surface area contributed by atoms with Gasteiger partial charge in [-0.25, -0.2) is 9.37 Å². The Hall–Kier alpha value is -4.66. The number of hydrogen-bond donors (Lipinski definition) is 0. The molecular weight excluding hydrogens is 501 g/mol. The van der Waals surface area contributed by atoms with Crippen LogP contribution in [0, 0.1) is 12.7 Å². The number of benzene rings is 2. The maximum atomic E-state index is 13.5. The molecule has 0 spiro atoms. The molecule has 0 amide bonds. The average Bonchev–Trinajstić information content (AvgIpc) is 3.68. The van der Waals surface area contributed by atoms with Crippen LogP contribution in [0.15, 0.2) is 82.0 Å². The molecule has 0 aliphatic rings. The Morgan fingerprint density at radius 1 is 1.08 bits per heavy atom. The monoisotopic (exact) mass is 529 g/mol. The lowest BCUT2D eigenvalue weighted by molar-refractivity contribution is -0.143. The van der Waals surface area contributed by atoms with E-state index in [1.54, 1.807) is 37.5 Å². The predicted molar refractivity (Wildman–Crippen MR) is 141 cm³/mol.